The number of aliphatic hydroxyl groups is 1. The van der Waals surface area contributed by atoms with E-state index in [9.17, 15) is 14.3 Å². The number of rotatable bonds is 6. The zero-order chi connectivity index (χ0) is 19.4. The fraction of sp³-hybridized carbons (Fsp3) is 0.650. The van der Waals surface area contributed by atoms with Crippen molar-refractivity contribution < 1.29 is 23.8 Å². The summed E-state index contributed by atoms with van der Waals surface area (Å²) in [6.45, 7) is 2.58. The first-order valence-electron chi connectivity index (χ1n) is 9.54. The van der Waals surface area contributed by atoms with Gasteiger partial charge in [0.2, 0.25) is 0 Å². The highest BCUT2D eigenvalue weighted by Crippen LogP contribution is 2.28. The quantitative estimate of drug-likeness (QED) is 0.815. The highest BCUT2D eigenvalue weighted by molar-refractivity contribution is 5.86. The van der Waals surface area contributed by atoms with Gasteiger partial charge >= 0.3 is 0 Å². The molecule has 1 aromatic carbocycles. The number of ether oxygens (including phenoxy) is 2. The van der Waals surface area contributed by atoms with Crippen molar-refractivity contribution in [2.45, 2.75) is 43.9 Å². The molecule has 3 rings (SSSR count). The predicted octanol–water partition coefficient (Wildman–Crippen LogP) is 1.80. The number of amides is 1. The lowest BCUT2D eigenvalue weighted by Gasteiger charge is -2.42. The number of halogens is 1. The summed E-state index contributed by atoms with van der Waals surface area (Å²) >= 11 is 0. The fourth-order valence-corrected chi connectivity index (χ4v) is 4.04. The molecule has 0 spiro atoms. The summed E-state index contributed by atoms with van der Waals surface area (Å²) in [7, 11) is 3.24. The van der Waals surface area contributed by atoms with Crippen LogP contribution in [0.3, 0.4) is 0 Å². The molecule has 1 atom stereocenters. The first kappa shape index (κ1) is 20.0. The largest absolute Gasteiger partial charge is 0.497 e. The molecule has 27 heavy (non-hydrogen) atoms. The molecule has 0 aliphatic carbocycles. The van der Waals surface area contributed by atoms with E-state index in [1.54, 1.807) is 24.1 Å². The Morgan fingerprint density at radius 1 is 1.26 bits per heavy atom. The number of carbonyl (C=O) groups is 1. The minimum Gasteiger partial charge on any atom is -0.497 e. The van der Waals surface area contributed by atoms with Crippen LogP contribution in [0.2, 0.25) is 0 Å². The van der Waals surface area contributed by atoms with Crippen molar-refractivity contribution in [1.29, 1.82) is 0 Å². The highest BCUT2D eigenvalue weighted by atomic mass is 19.1. The molecule has 0 unspecified atom stereocenters. The van der Waals surface area contributed by atoms with Gasteiger partial charge in [-0.05, 0) is 43.9 Å². The van der Waals surface area contributed by atoms with E-state index in [1.807, 2.05) is 0 Å². The molecule has 6 nitrogen and oxygen atoms in total. The lowest BCUT2D eigenvalue weighted by atomic mass is 9.90. The van der Waals surface area contributed by atoms with Crippen molar-refractivity contribution in [2.24, 2.45) is 0 Å². The third-order valence-corrected chi connectivity index (χ3v) is 5.67. The second kappa shape index (κ2) is 8.54. The SMILES string of the molecule is COc1ccc(F)c(CN2CCC[C@](O)(CN3CCC(OC)CC3)C2=O)c1. The van der Waals surface area contributed by atoms with E-state index < -0.39 is 5.60 Å². The zero-order valence-corrected chi connectivity index (χ0v) is 16.1. The number of hydrogen-bond acceptors (Lipinski definition) is 5. The Hall–Kier alpha value is -1.70. The van der Waals surface area contributed by atoms with Crippen molar-refractivity contribution in [2.75, 3.05) is 40.4 Å². The molecule has 150 valence electrons. The monoisotopic (exact) mass is 380 g/mol. The summed E-state index contributed by atoms with van der Waals surface area (Å²) in [6, 6.07) is 4.50. The Balaban J connectivity index is 1.66. The molecule has 0 aromatic heterocycles. The maximum Gasteiger partial charge on any atom is 0.256 e. The Kier molecular flexibility index (Phi) is 6.34. The molecular formula is C20H29FN2O4. The van der Waals surface area contributed by atoms with Crippen molar-refractivity contribution in [3.63, 3.8) is 0 Å². The van der Waals surface area contributed by atoms with E-state index in [0.29, 0.717) is 37.2 Å². The van der Waals surface area contributed by atoms with Crippen LogP contribution < -0.4 is 4.74 Å². The molecule has 1 amide bonds. The normalized spacial score (nSPS) is 25.0. The van der Waals surface area contributed by atoms with Gasteiger partial charge in [-0.3, -0.25) is 9.69 Å². The first-order valence-corrected chi connectivity index (χ1v) is 9.54. The maximum absolute atomic E-state index is 14.1. The van der Waals surface area contributed by atoms with Gasteiger partial charge in [0, 0.05) is 45.4 Å². The highest BCUT2D eigenvalue weighted by Gasteiger charge is 2.43. The Labute approximate surface area is 159 Å². The number of hydrogen-bond donors (Lipinski definition) is 1. The van der Waals surface area contributed by atoms with Crippen LogP contribution in [-0.4, -0.2) is 72.9 Å². The Morgan fingerprint density at radius 2 is 2.00 bits per heavy atom. The minimum absolute atomic E-state index is 0.135. The molecule has 2 fully saturated rings. The second-order valence-corrected chi connectivity index (χ2v) is 7.53. The van der Waals surface area contributed by atoms with E-state index >= 15 is 0 Å². The topological polar surface area (TPSA) is 62.2 Å². The van der Waals surface area contributed by atoms with Gasteiger partial charge in [-0.2, -0.15) is 0 Å². The number of benzene rings is 1. The van der Waals surface area contributed by atoms with Crippen LogP contribution in [0.4, 0.5) is 4.39 Å². The number of likely N-dealkylation sites (tertiary alicyclic amines) is 2. The van der Waals surface area contributed by atoms with E-state index in [-0.39, 0.29) is 24.4 Å². The Bertz CT molecular complexity index is 663. The maximum atomic E-state index is 14.1. The third-order valence-electron chi connectivity index (χ3n) is 5.67. The second-order valence-electron chi connectivity index (χ2n) is 7.53. The zero-order valence-electron chi connectivity index (χ0n) is 16.1. The van der Waals surface area contributed by atoms with E-state index in [2.05, 4.69) is 4.90 Å². The van der Waals surface area contributed by atoms with E-state index in [1.165, 1.54) is 13.2 Å². The number of methoxy groups -OCH3 is 2. The van der Waals surface area contributed by atoms with Crippen LogP contribution in [-0.2, 0) is 16.1 Å². The van der Waals surface area contributed by atoms with Crippen LogP contribution in [0.25, 0.3) is 0 Å². The molecule has 7 heteroatoms. The average Bonchev–Trinajstić information content (AvgIpc) is 2.68. The van der Waals surface area contributed by atoms with E-state index in [4.69, 9.17) is 9.47 Å². The lowest BCUT2D eigenvalue weighted by molar-refractivity contribution is -0.161. The molecule has 1 N–H and O–H groups in total. The fourth-order valence-electron chi connectivity index (χ4n) is 4.04. The number of carbonyl (C=O) groups excluding carboxylic acids is 1. The van der Waals surface area contributed by atoms with Crippen molar-refractivity contribution in [3.05, 3.63) is 29.6 Å². The summed E-state index contributed by atoms with van der Waals surface area (Å²) in [6.07, 6.45) is 3.19. The molecule has 0 bridgehead atoms. The molecule has 2 aliphatic rings. The first-order chi connectivity index (χ1) is 12.9. The Morgan fingerprint density at radius 3 is 2.67 bits per heavy atom. The molecule has 1 aromatic rings. The van der Waals surface area contributed by atoms with Gasteiger partial charge in [-0.1, -0.05) is 0 Å². The molecule has 0 radical (unpaired) electrons. The molecule has 2 heterocycles. The van der Waals surface area contributed by atoms with Gasteiger partial charge in [0.05, 0.1) is 13.2 Å². The van der Waals surface area contributed by atoms with Gasteiger partial charge in [0.15, 0.2) is 5.60 Å². The van der Waals surface area contributed by atoms with Gasteiger partial charge in [0.1, 0.15) is 11.6 Å². The number of nitrogens with zero attached hydrogens (tertiary/aromatic N) is 2. The smallest absolute Gasteiger partial charge is 0.256 e. The van der Waals surface area contributed by atoms with Crippen molar-refractivity contribution >= 4 is 5.91 Å². The summed E-state index contributed by atoms with van der Waals surface area (Å²) in [5.74, 6) is -0.142. The predicted molar refractivity (Wildman–Crippen MR) is 99.0 cm³/mol. The van der Waals surface area contributed by atoms with Crippen molar-refractivity contribution in [3.8, 4) is 5.75 Å². The van der Waals surface area contributed by atoms with Crippen LogP contribution >= 0.6 is 0 Å². The number of β-amino-alcohol motifs (C(OH)–C–C–N with tert-alkyl or cyclic N) is 1. The molecule has 0 saturated carbocycles. The third kappa shape index (κ3) is 4.59. The van der Waals surface area contributed by atoms with Gasteiger partial charge in [0.25, 0.3) is 5.91 Å². The minimum atomic E-state index is -1.41. The van der Waals surface area contributed by atoms with Crippen LogP contribution in [0.15, 0.2) is 18.2 Å². The van der Waals surface area contributed by atoms with Gasteiger partial charge in [-0.25, -0.2) is 4.39 Å². The molecule has 2 aliphatic heterocycles. The average molecular weight is 380 g/mol. The van der Waals surface area contributed by atoms with Crippen LogP contribution in [0, 0.1) is 5.82 Å². The summed E-state index contributed by atoms with van der Waals surface area (Å²) in [5.41, 5.74) is -1.01. The van der Waals surface area contributed by atoms with Crippen molar-refractivity contribution in [1.82, 2.24) is 9.80 Å². The molecular weight excluding hydrogens is 351 g/mol. The van der Waals surface area contributed by atoms with Gasteiger partial charge < -0.3 is 19.5 Å². The standard InChI is InChI=1S/C20H29FN2O4/c1-26-16-6-10-22(11-7-16)14-20(25)8-3-9-23(19(20)24)13-15-12-17(27-2)4-5-18(15)21/h4-5,12,16,25H,3,6-11,13-14H2,1-2H3/t20-/m0/s1. The lowest BCUT2D eigenvalue weighted by Crippen LogP contribution is -2.59. The van der Waals surface area contributed by atoms with Crippen LogP contribution in [0.5, 0.6) is 5.75 Å². The summed E-state index contributed by atoms with van der Waals surface area (Å²) < 4.78 is 24.7. The van der Waals surface area contributed by atoms with E-state index in [0.717, 1.165) is 25.9 Å². The summed E-state index contributed by atoms with van der Waals surface area (Å²) in [5, 5.41) is 11.1. The molecule has 2 saturated heterocycles. The van der Waals surface area contributed by atoms with Gasteiger partial charge in [-0.15, -0.1) is 0 Å². The summed E-state index contributed by atoms with van der Waals surface area (Å²) in [4.78, 5) is 16.7. The van der Waals surface area contributed by atoms with Crippen LogP contribution in [0.1, 0.15) is 31.2 Å². The number of piperidine rings is 2.